The van der Waals surface area contributed by atoms with Crippen molar-refractivity contribution in [1.29, 1.82) is 0 Å². The van der Waals surface area contributed by atoms with Crippen LogP contribution >= 0.6 is 0 Å². The van der Waals surface area contributed by atoms with Gasteiger partial charge in [0.15, 0.2) is 0 Å². The van der Waals surface area contributed by atoms with Gasteiger partial charge in [-0.2, -0.15) is 5.10 Å². The first-order valence-electron chi connectivity index (χ1n) is 11.0. The maximum Gasteiger partial charge on any atom is 0.339 e. The molecule has 32 heavy (non-hydrogen) atoms. The highest BCUT2D eigenvalue weighted by Gasteiger charge is 2.36. The molecule has 7 heteroatoms. The molecule has 0 spiro atoms. The molecule has 1 aliphatic heterocycles. The molecule has 0 radical (unpaired) electrons. The number of methoxy groups -OCH3 is 2. The van der Waals surface area contributed by atoms with Gasteiger partial charge in [-0.3, -0.25) is 0 Å². The monoisotopic (exact) mass is 438 g/mol. The molecule has 1 unspecified atom stereocenters. The molecule has 1 heterocycles. The average Bonchev–Trinajstić information content (AvgIpc) is 2.76. The van der Waals surface area contributed by atoms with E-state index in [1.807, 2.05) is 12.1 Å². The van der Waals surface area contributed by atoms with E-state index < -0.39 is 6.03 Å². The van der Waals surface area contributed by atoms with Crippen LogP contribution in [0.15, 0.2) is 41.5 Å². The number of carbonyl (C=O) groups excluding carboxylic acids is 1. The maximum absolute atomic E-state index is 12.3. The Morgan fingerprint density at radius 3 is 2.62 bits per heavy atom. The van der Waals surface area contributed by atoms with Gasteiger partial charge in [0, 0.05) is 29.4 Å². The molecule has 0 saturated heterocycles. The van der Waals surface area contributed by atoms with Crippen molar-refractivity contribution < 1.29 is 14.3 Å². The van der Waals surface area contributed by atoms with Gasteiger partial charge in [0.1, 0.15) is 11.5 Å². The molecule has 0 fully saturated rings. The first-order valence-corrected chi connectivity index (χ1v) is 11.0. The molecule has 7 nitrogen and oxygen atoms in total. The van der Waals surface area contributed by atoms with E-state index in [0.29, 0.717) is 17.4 Å². The molecule has 172 valence electrons. The van der Waals surface area contributed by atoms with E-state index in [2.05, 4.69) is 60.6 Å². The summed E-state index contributed by atoms with van der Waals surface area (Å²) in [5.74, 6) is 1.72. The normalized spacial score (nSPS) is 17.1. The first kappa shape index (κ1) is 23.4. The van der Waals surface area contributed by atoms with Crippen LogP contribution in [0.1, 0.15) is 57.6 Å². The number of hydrogen-bond donors (Lipinski definition) is 2. The summed E-state index contributed by atoms with van der Waals surface area (Å²) in [5, 5.41) is 6.87. The fraction of sp³-hybridized carbons (Fsp3) is 0.440. The Labute approximate surface area is 190 Å². The van der Waals surface area contributed by atoms with Crippen molar-refractivity contribution in [3.05, 3.63) is 47.5 Å². The van der Waals surface area contributed by atoms with E-state index in [-0.39, 0.29) is 5.54 Å². The van der Waals surface area contributed by atoms with Crippen LogP contribution in [0.5, 0.6) is 11.5 Å². The van der Waals surface area contributed by atoms with Crippen molar-refractivity contribution in [3.63, 3.8) is 0 Å². The fourth-order valence-corrected chi connectivity index (χ4v) is 4.51. The third-order valence-corrected chi connectivity index (χ3v) is 5.91. The van der Waals surface area contributed by atoms with Crippen LogP contribution in [0.2, 0.25) is 0 Å². The van der Waals surface area contributed by atoms with E-state index >= 15 is 0 Å². The van der Waals surface area contributed by atoms with Crippen LogP contribution < -0.4 is 25.1 Å². The lowest BCUT2D eigenvalue weighted by Gasteiger charge is -2.47. The van der Waals surface area contributed by atoms with Crippen molar-refractivity contribution in [2.75, 3.05) is 31.0 Å². The number of nitrogens with one attached hydrogen (secondary N) is 2. The lowest BCUT2D eigenvalue weighted by Crippen LogP contribution is -2.48. The standard InChI is InChI=1S/C25H34N4O3/c1-7-12-29-21-14-23(32-6)18(13-19(21)17(2)15-25(29,3)4)16-26-28-24(30)27-20-10-8-9-11-22(20)31-5/h8-11,13-14,16-17H,7,12,15H2,1-6H3,(H2,27,28,30)/b26-16+. The van der Waals surface area contributed by atoms with Gasteiger partial charge < -0.3 is 19.7 Å². The molecule has 0 saturated carbocycles. The summed E-state index contributed by atoms with van der Waals surface area (Å²) in [5.41, 5.74) is 6.49. The Balaban J connectivity index is 1.80. The number of amides is 2. The number of hydrogen-bond acceptors (Lipinski definition) is 5. The number of para-hydroxylation sites is 2. The average molecular weight is 439 g/mol. The Hall–Kier alpha value is -3.22. The summed E-state index contributed by atoms with van der Waals surface area (Å²) in [6, 6.07) is 11.0. The van der Waals surface area contributed by atoms with E-state index in [4.69, 9.17) is 9.47 Å². The molecule has 0 aromatic heterocycles. The van der Waals surface area contributed by atoms with Crippen molar-refractivity contribution in [2.45, 2.75) is 52.0 Å². The predicted octanol–water partition coefficient (Wildman–Crippen LogP) is 5.36. The molecule has 1 atom stereocenters. The predicted molar refractivity (Wildman–Crippen MR) is 130 cm³/mol. The van der Waals surface area contributed by atoms with Gasteiger partial charge in [0.2, 0.25) is 0 Å². The number of rotatable bonds is 7. The zero-order valence-corrected chi connectivity index (χ0v) is 19.9. The molecule has 1 aliphatic rings. The summed E-state index contributed by atoms with van der Waals surface area (Å²) in [6.07, 6.45) is 3.77. The summed E-state index contributed by atoms with van der Waals surface area (Å²) in [4.78, 5) is 14.7. The smallest absolute Gasteiger partial charge is 0.339 e. The van der Waals surface area contributed by atoms with Crippen molar-refractivity contribution in [3.8, 4) is 11.5 Å². The molecule has 2 aromatic rings. The summed E-state index contributed by atoms with van der Waals surface area (Å²) >= 11 is 0. The van der Waals surface area contributed by atoms with E-state index in [1.165, 1.54) is 11.3 Å². The Morgan fingerprint density at radius 2 is 1.94 bits per heavy atom. The lowest BCUT2D eigenvalue weighted by atomic mass is 9.79. The number of carbonyl (C=O) groups is 1. The van der Waals surface area contributed by atoms with Crippen LogP contribution in [0.25, 0.3) is 0 Å². The molecular weight excluding hydrogens is 404 g/mol. The molecule has 0 aliphatic carbocycles. The molecule has 0 bridgehead atoms. The van der Waals surface area contributed by atoms with Crippen LogP contribution in [0, 0.1) is 0 Å². The van der Waals surface area contributed by atoms with Crippen molar-refractivity contribution in [1.82, 2.24) is 5.43 Å². The number of ether oxygens (including phenoxy) is 2. The van der Waals surface area contributed by atoms with E-state index in [9.17, 15) is 4.79 Å². The van der Waals surface area contributed by atoms with Gasteiger partial charge >= 0.3 is 6.03 Å². The number of hydrazone groups is 1. The zero-order chi connectivity index (χ0) is 23.3. The minimum atomic E-state index is -0.452. The fourth-order valence-electron chi connectivity index (χ4n) is 4.51. The minimum absolute atomic E-state index is 0.0845. The van der Waals surface area contributed by atoms with Crippen LogP contribution in [-0.4, -0.2) is 38.5 Å². The third kappa shape index (κ3) is 4.98. The second-order valence-electron chi connectivity index (χ2n) is 8.75. The molecular formula is C25H34N4O3. The molecule has 2 amide bonds. The Kier molecular flexibility index (Phi) is 7.28. The largest absolute Gasteiger partial charge is 0.496 e. The topological polar surface area (TPSA) is 75.2 Å². The quantitative estimate of drug-likeness (QED) is 0.451. The molecule has 2 aromatic carbocycles. The second kappa shape index (κ2) is 9.94. The number of nitrogens with zero attached hydrogens (tertiary/aromatic N) is 2. The van der Waals surface area contributed by atoms with Gasteiger partial charge in [-0.1, -0.05) is 26.0 Å². The highest BCUT2D eigenvalue weighted by molar-refractivity contribution is 5.92. The molecule has 3 rings (SSSR count). The second-order valence-corrected chi connectivity index (χ2v) is 8.75. The van der Waals surface area contributed by atoms with Gasteiger partial charge in [0.25, 0.3) is 0 Å². The highest BCUT2D eigenvalue weighted by atomic mass is 16.5. The SMILES string of the molecule is CCCN1c2cc(OC)c(/C=N/NC(=O)Nc3ccccc3OC)cc2C(C)CC1(C)C. The van der Waals surface area contributed by atoms with E-state index in [1.54, 1.807) is 32.6 Å². The summed E-state index contributed by atoms with van der Waals surface area (Å²) < 4.78 is 10.9. The summed E-state index contributed by atoms with van der Waals surface area (Å²) in [7, 11) is 3.21. The maximum atomic E-state index is 12.3. The molecule has 2 N–H and O–H groups in total. The van der Waals surface area contributed by atoms with Gasteiger partial charge in [0.05, 0.1) is 26.1 Å². The highest BCUT2D eigenvalue weighted by Crippen LogP contribution is 2.45. The Morgan fingerprint density at radius 1 is 1.22 bits per heavy atom. The van der Waals surface area contributed by atoms with Gasteiger partial charge in [-0.25, -0.2) is 10.2 Å². The third-order valence-electron chi connectivity index (χ3n) is 5.91. The minimum Gasteiger partial charge on any atom is -0.496 e. The number of fused-ring (bicyclic) bond motifs is 1. The number of urea groups is 1. The zero-order valence-electron chi connectivity index (χ0n) is 19.9. The van der Waals surface area contributed by atoms with Gasteiger partial charge in [-0.15, -0.1) is 0 Å². The number of anilines is 2. The van der Waals surface area contributed by atoms with Crippen molar-refractivity contribution in [2.24, 2.45) is 5.10 Å². The van der Waals surface area contributed by atoms with Crippen LogP contribution in [-0.2, 0) is 0 Å². The van der Waals surface area contributed by atoms with Crippen LogP contribution in [0.3, 0.4) is 0 Å². The van der Waals surface area contributed by atoms with Crippen molar-refractivity contribution >= 4 is 23.6 Å². The Bertz CT molecular complexity index is 987. The van der Waals surface area contributed by atoms with Crippen LogP contribution in [0.4, 0.5) is 16.2 Å². The van der Waals surface area contributed by atoms with Gasteiger partial charge in [-0.05, 0) is 56.4 Å². The lowest BCUT2D eigenvalue weighted by molar-refractivity contribution is 0.252. The first-order chi connectivity index (χ1) is 15.3. The summed E-state index contributed by atoms with van der Waals surface area (Å²) in [6.45, 7) is 10.1. The number of benzene rings is 2. The van der Waals surface area contributed by atoms with E-state index in [0.717, 1.165) is 30.7 Å².